The number of carboxylic acids is 2. The first kappa shape index (κ1) is 22.1. The number of carboxylic acid groups (broad SMARTS) is 2. The Kier molecular flexibility index (Phi) is 9.83. The van der Waals surface area contributed by atoms with Gasteiger partial charge >= 0.3 is 5.97 Å². The molecule has 1 aromatic carbocycles. The maximum absolute atomic E-state index is 9.04. The Morgan fingerprint density at radius 3 is 2.50 bits per heavy atom. The second-order valence-corrected chi connectivity index (χ2v) is 6.42. The van der Waals surface area contributed by atoms with E-state index in [-0.39, 0.29) is 0 Å². The molecule has 1 saturated heterocycles. The lowest BCUT2D eigenvalue weighted by molar-refractivity contribution is -0.906. The number of ether oxygens (including phenoxy) is 2. The van der Waals surface area contributed by atoms with E-state index in [9.17, 15) is 0 Å². The summed E-state index contributed by atoms with van der Waals surface area (Å²) in [6.45, 7) is 3.67. The average Bonchev–Trinajstić information content (AvgIpc) is 2.66. The van der Waals surface area contributed by atoms with Crippen molar-refractivity contribution in [2.75, 3.05) is 39.7 Å². The molecule has 2 unspecified atom stereocenters. The lowest BCUT2D eigenvalue weighted by Crippen LogP contribution is -3.13. The van der Waals surface area contributed by atoms with E-state index in [1.807, 2.05) is 6.07 Å². The SMILES string of the molecule is COc1ccc(C2CCC[NH+](CCCCl)C2)cc1OC.O=C([O-])C(=O)O. The summed E-state index contributed by atoms with van der Waals surface area (Å²) in [6.07, 6.45) is 3.66. The highest BCUT2D eigenvalue weighted by Crippen LogP contribution is 2.32. The van der Waals surface area contributed by atoms with Crippen LogP contribution in [0.4, 0.5) is 0 Å². The van der Waals surface area contributed by atoms with Gasteiger partial charge in [-0.05, 0) is 30.5 Å². The van der Waals surface area contributed by atoms with Crippen LogP contribution in [0.15, 0.2) is 18.2 Å². The van der Waals surface area contributed by atoms with Crippen LogP contribution in [0.2, 0.25) is 0 Å². The van der Waals surface area contributed by atoms with Gasteiger partial charge in [0.2, 0.25) is 0 Å². The minimum absolute atomic E-state index is 0.619. The van der Waals surface area contributed by atoms with Gasteiger partial charge in [0.25, 0.3) is 0 Å². The standard InChI is InChI=1S/C16H24ClNO2.C2H2O4/c1-19-15-7-6-13(11-16(15)20-2)14-5-3-9-18(12-14)10-4-8-17;3-1(4)2(5)6/h6-7,11,14H,3-5,8-10,12H2,1-2H3;(H,3,4)(H,5,6). The number of rotatable bonds is 6. The lowest BCUT2D eigenvalue weighted by Gasteiger charge is -2.30. The first-order valence-corrected chi connectivity index (χ1v) is 9.02. The molecule has 0 aromatic heterocycles. The summed E-state index contributed by atoms with van der Waals surface area (Å²) in [4.78, 5) is 19.7. The van der Waals surface area contributed by atoms with Crippen molar-refractivity contribution in [3.8, 4) is 11.5 Å². The normalized spacial score (nSPS) is 19.0. The zero-order chi connectivity index (χ0) is 19.5. The van der Waals surface area contributed by atoms with E-state index in [0.29, 0.717) is 5.92 Å². The first-order chi connectivity index (χ1) is 12.4. The molecule has 1 aromatic rings. The summed E-state index contributed by atoms with van der Waals surface area (Å²) in [5.74, 6) is -0.986. The molecule has 7 nitrogen and oxygen atoms in total. The molecule has 1 aliphatic heterocycles. The smallest absolute Gasteiger partial charge is 0.351 e. The fourth-order valence-corrected chi connectivity index (χ4v) is 3.22. The molecular weight excluding hydrogens is 362 g/mol. The van der Waals surface area contributed by atoms with Gasteiger partial charge in [-0.1, -0.05) is 6.07 Å². The van der Waals surface area contributed by atoms with Gasteiger partial charge < -0.3 is 29.4 Å². The van der Waals surface area contributed by atoms with Crippen molar-refractivity contribution in [2.24, 2.45) is 0 Å². The van der Waals surface area contributed by atoms with E-state index >= 15 is 0 Å². The Morgan fingerprint density at radius 1 is 1.31 bits per heavy atom. The van der Waals surface area contributed by atoms with E-state index in [1.165, 1.54) is 38.0 Å². The number of quaternary nitrogens is 1. The van der Waals surface area contributed by atoms with Gasteiger partial charge in [0.15, 0.2) is 17.5 Å². The van der Waals surface area contributed by atoms with E-state index in [1.54, 1.807) is 19.1 Å². The Hall–Kier alpha value is -1.99. The van der Waals surface area contributed by atoms with E-state index in [4.69, 9.17) is 40.9 Å². The number of aliphatic carboxylic acids is 2. The maximum Gasteiger partial charge on any atom is 0.351 e. The average molecular weight is 388 g/mol. The molecule has 2 rings (SSSR count). The molecule has 1 heterocycles. The topological polar surface area (TPSA) is 100 Å². The van der Waals surface area contributed by atoms with Crippen LogP contribution in [-0.2, 0) is 9.59 Å². The highest BCUT2D eigenvalue weighted by Gasteiger charge is 2.24. The molecule has 8 heteroatoms. The largest absolute Gasteiger partial charge is 0.539 e. The van der Waals surface area contributed by atoms with E-state index < -0.39 is 11.9 Å². The van der Waals surface area contributed by atoms with E-state index in [0.717, 1.165) is 23.8 Å². The van der Waals surface area contributed by atoms with Gasteiger partial charge in [-0.2, -0.15) is 0 Å². The summed E-state index contributed by atoms with van der Waals surface area (Å²) < 4.78 is 10.7. The summed E-state index contributed by atoms with van der Waals surface area (Å²) in [6, 6.07) is 6.33. The Labute approximate surface area is 158 Å². The monoisotopic (exact) mass is 387 g/mol. The van der Waals surface area contributed by atoms with Crippen molar-refractivity contribution in [2.45, 2.75) is 25.2 Å². The van der Waals surface area contributed by atoms with Crippen molar-refractivity contribution in [3.63, 3.8) is 0 Å². The Balaban J connectivity index is 0.000000487. The number of nitrogens with one attached hydrogen (secondary N) is 1. The predicted octanol–water partition coefficient (Wildman–Crippen LogP) is -0.0841. The third-order valence-electron chi connectivity index (χ3n) is 4.34. The van der Waals surface area contributed by atoms with Gasteiger partial charge in [-0.25, -0.2) is 4.79 Å². The van der Waals surface area contributed by atoms with Crippen molar-refractivity contribution in [1.29, 1.82) is 0 Å². The number of halogens is 1. The Bertz CT molecular complexity index is 583. The molecule has 0 amide bonds. The minimum Gasteiger partial charge on any atom is -0.539 e. The third-order valence-corrected chi connectivity index (χ3v) is 4.60. The van der Waals surface area contributed by atoms with Crippen LogP contribution in [0.25, 0.3) is 0 Å². The van der Waals surface area contributed by atoms with E-state index in [2.05, 4.69) is 12.1 Å². The molecule has 0 bridgehead atoms. The summed E-state index contributed by atoms with van der Waals surface area (Å²) in [7, 11) is 3.37. The fraction of sp³-hybridized carbons (Fsp3) is 0.556. The third kappa shape index (κ3) is 7.09. The molecule has 0 spiro atoms. The molecule has 2 atom stereocenters. The lowest BCUT2D eigenvalue weighted by atomic mass is 9.90. The van der Waals surface area contributed by atoms with Crippen molar-refractivity contribution in [1.82, 2.24) is 0 Å². The number of piperidine rings is 1. The van der Waals surface area contributed by atoms with Crippen LogP contribution >= 0.6 is 11.6 Å². The first-order valence-electron chi connectivity index (χ1n) is 8.48. The minimum atomic E-state index is -2.07. The van der Waals surface area contributed by atoms with Crippen LogP contribution < -0.4 is 19.5 Å². The number of carbonyl (C=O) groups excluding carboxylic acids is 1. The number of benzene rings is 1. The number of carbonyl (C=O) groups is 2. The number of methoxy groups -OCH3 is 2. The molecule has 0 aliphatic carbocycles. The second-order valence-electron chi connectivity index (χ2n) is 6.04. The van der Waals surface area contributed by atoms with Gasteiger partial charge in [0.1, 0.15) is 0 Å². The van der Waals surface area contributed by atoms with Gasteiger partial charge in [0, 0.05) is 18.2 Å². The van der Waals surface area contributed by atoms with Crippen LogP contribution in [0.3, 0.4) is 0 Å². The molecular formula is C18H26ClNO6. The van der Waals surface area contributed by atoms with Crippen LogP contribution in [0, 0.1) is 0 Å². The molecule has 2 N–H and O–H groups in total. The van der Waals surface area contributed by atoms with Gasteiger partial charge in [-0.3, -0.25) is 0 Å². The highest BCUT2D eigenvalue weighted by atomic mass is 35.5. The van der Waals surface area contributed by atoms with Crippen molar-refractivity contribution >= 4 is 23.5 Å². The van der Waals surface area contributed by atoms with Crippen molar-refractivity contribution in [3.05, 3.63) is 23.8 Å². The molecule has 0 saturated carbocycles. The maximum atomic E-state index is 9.04. The fourth-order valence-electron chi connectivity index (χ4n) is 3.09. The predicted molar refractivity (Wildman–Crippen MR) is 95.1 cm³/mol. The second kappa shape index (κ2) is 11.6. The highest BCUT2D eigenvalue weighted by molar-refractivity contribution is 6.26. The van der Waals surface area contributed by atoms with Crippen LogP contribution in [-0.4, -0.2) is 56.8 Å². The number of hydrogen-bond acceptors (Lipinski definition) is 5. The quantitative estimate of drug-likeness (QED) is 0.523. The van der Waals surface area contributed by atoms with Crippen LogP contribution in [0.5, 0.6) is 11.5 Å². The van der Waals surface area contributed by atoms with Crippen LogP contribution in [0.1, 0.15) is 30.7 Å². The molecule has 26 heavy (non-hydrogen) atoms. The zero-order valence-electron chi connectivity index (χ0n) is 15.1. The summed E-state index contributed by atoms with van der Waals surface area (Å²) >= 11 is 5.80. The molecule has 146 valence electrons. The van der Waals surface area contributed by atoms with Gasteiger partial charge in [-0.15, -0.1) is 11.6 Å². The number of likely N-dealkylation sites (tertiary alicyclic amines) is 1. The summed E-state index contributed by atoms with van der Waals surface area (Å²) in [5, 5.41) is 16.3. The number of hydrogen-bond donors (Lipinski definition) is 2. The Morgan fingerprint density at radius 2 is 1.96 bits per heavy atom. The summed E-state index contributed by atoms with van der Waals surface area (Å²) in [5.41, 5.74) is 1.37. The molecule has 0 radical (unpaired) electrons. The zero-order valence-corrected chi connectivity index (χ0v) is 15.9. The van der Waals surface area contributed by atoms with Gasteiger partial charge in [0.05, 0.1) is 33.9 Å². The number of alkyl halides is 1. The molecule has 1 aliphatic rings. The van der Waals surface area contributed by atoms with Crippen molar-refractivity contribution < 1.29 is 34.2 Å². The molecule has 1 fully saturated rings.